The lowest BCUT2D eigenvalue weighted by molar-refractivity contribution is -0.274. The minimum absolute atomic E-state index is 0.0947. The van der Waals surface area contributed by atoms with Gasteiger partial charge in [0, 0.05) is 6.42 Å². The highest BCUT2D eigenvalue weighted by molar-refractivity contribution is 5.98. The van der Waals surface area contributed by atoms with E-state index in [2.05, 4.69) is 4.74 Å². The van der Waals surface area contributed by atoms with Crippen LogP contribution in [0.15, 0.2) is 24.3 Å². The van der Waals surface area contributed by atoms with Gasteiger partial charge in [0.15, 0.2) is 5.78 Å². The SMILES string of the molecule is NC(CCCCCCC(=O)c1ccccc1OC(F)(F)F)C(=O)O. The minimum atomic E-state index is -4.85. The number of ketones is 1. The van der Waals surface area contributed by atoms with E-state index in [0.29, 0.717) is 32.1 Å². The first kappa shape index (κ1) is 20.0. The summed E-state index contributed by atoms with van der Waals surface area (Å²) in [6, 6.07) is 4.36. The molecule has 5 nitrogen and oxygen atoms in total. The van der Waals surface area contributed by atoms with Crippen LogP contribution in [0.4, 0.5) is 13.2 Å². The molecule has 134 valence electrons. The van der Waals surface area contributed by atoms with E-state index in [4.69, 9.17) is 10.8 Å². The minimum Gasteiger partial charge on any atom is -0.480 e. The fourth-order valence-corrected chi connectivity index (χ4v) is 2.17. The lowest BCUT2D eigenvalue weighted by Crippen LogP contribution is -2.29. The summed E-state index contributed by atoms with van der Waals surface area (Å²) in [4.78, 5) is 22.6. The Kier molecular flexibility index (Phi) is 7.70. The Labute approximate surface area is 137 Å². The van der Waals surface area contributed by atoms with Crippen LogP contribution in [0.25, 0.3) is 0 Å². The molecule has 0 radical (unpaired) electrons. The molecule has 0 saturated carbocycles. The molecule has 24 heavy (non-hydrogen) atoms. The van der Waals surface area contributed by atoms with Crippen LogP contribution in [-0.4, -0.2) is 29.3 Å². The van der Waals surface area contributed by atoms with E-state index in [1.54, 1.807) is 0 Å². The van der Waals surface area contributed by atoms with Gasteiger partial charge in [0.2, 0.25) is 0 Å². The number of rotatable bonds is 10. The topological polar surface area (TPSA) is 89.6 Å². The number of hydrogen-bond donors (Lipinski definition) is 2. The Morgan fingerprint density at radius 2 is 1.75 bits per heavy atom. The van der Waals surface area contributed by atoms with Crippen molar-refractivity contribution in [3.63, 3.8) is 0 Å². The molecule has 3 N–H and O–H groups in total. The third-order valence-electron chi connectivity index (χ3n) is 3.40. The molecule has 1 aromatic carbocycles. The summed E-state index contributed by atoms with van der Waals surface area (Å²) in [6.07, 6.45) is -1.90. The predicted molar refractivity (Wildman–Crippen MR) is 80.8 cm³/mol. The number of alkyl halides is 3. The van der Waals surface area contributed by atoms with Crippen molar-refractivity contribution in [3.8, 4) is 5.75 Å². The maximum atomic E-state index is 12.3. The molecule has 0 spiro atoms. The number of para-hydroxylation sites is 1. The number of carboxylic acid groups (broad SMARTS) is 1. The Hall–Kier alpha value is -2.09. The number of halogens is 3. The van der Waals surface area contributed by atoms with Crippen molar-refractivity contribution in [3.05, 3.63) is 29.8 Å². The average Bonchev–Trinajstić information content (AvgIpc) is 2.49. The molecule has 0 aliphatic heterocycles. The van der Waals surface area contributed by atoms with Crippen LogP contribution in [-0.2, 0) is 4.79 Å². The Morgan fingerprint density at radius 3 is 2.38 bits per heavy atom. The highest BCUT2D eigenvalue weighted by Gasteiger charge is 2.32. The van der Waals surface area contributed by atoms with Gasteiger partial charge in [-0.25, -0.2) is 0 Å². The van der Waals surface area contributed by atoms with Gasteiger partial charge in [-0.1, -0.05) is 31.4 Å². The number of aliphatic carboxylic acids is 1. The number of carbonyl (C=O) groups excluding carboxylic acids is 1. The molecular weight excluding hydrogens is 327 g/mol. The molecule has 1 atom stereocenters. The quantitative estimate of drug-likeness (QED) is 0.499. The van der Waals surface area contributed by atoms with E-state index in [1.165, 1.54) is 18.2 Å². The van der Waals surface area contributed by atoms with Gasteiger partial charge < -0.3 is 15.6 Å². The molecule has 1 rings (SSSR count). The monoisotopic (exact) mass is 347 g/mol. The Balaban J connectivity index is 2.40. The highest BCUT2D eigenvalue weighted by Crippen LogP contribution is 2.27. The van der Waals surface area contributed by atoms with Gasteiger partial charge >= 0.3 is 12.3 Å². The van der Waals surface area contributed by atoms with Gasteiger partial charge in [-0.2, -0.15) is 0 Å². The van der Waals surface area contributed by atoms with Crippen LogP contribution < -0.4 is 10.5 Å². The Bertz CT molecular complexity index is 560. The van der Waals surface area contributed by atoms with Crippen molar-refractivity contribution in [2.45, 2.75) is 50.9 Å². The summed E-state index contributed by atoms with van der Waals surface area (Å²) in [5.74, 6) is -1.97. The fraction of sp³-hybridized carbons (Fsp3) is 0.500. The molecule has 1 unspecified atom stereocenters. The predicted octanol–water partition coefficient (Wildman–Crippen LogP) is 3.52. The number of unbranched alkanes of at least 4 members (excludes halogenated alkanes) is 3. The first-order valence-corrected chi connectivity index (χ1v) is 7.57. The summed E-state index contributed by atoms with van der Waals surface area (Å²) in [5.41, 5.74) is 5.27. The maximum absolute atomic E-state index is 12.3. The second-order valence-corrected chi connectivity index (χ2v) is 5.36. The first-order valence-electron chi connectivity index (χ1n) is 7.57. The van der Waals surface area contributed by atoms with Crippen LogP contribution in [0, 0.1) is 0 Å². The lowest BCUT2D eigenvalue weighted by atomic mass is 10.0. The van der Waals surface area contributed by atoms with E-state index in [1.807, 2.05) is 0 Å². The van der Waals surface area contributed by atoms with E-state index in [9.17, 15) is 22.8 Å². The van der Waals surface area contributed by atoms with Crippen molar-refractivity contribution in [1.29, 1.82) is 0 Å². The Morgan fingerprint density at radius 1 is 1.12 bits per heavy atom. The zero-order valence-electron chi connectivity index (χ0n) is 13.0. The number of nitrogens with two attached hydrogens (primary N) is 1. The average molecular weight is 347 g/mol. The molecule has 0 saturated heterocycles. The molecule has 0 aromatic heterocycles. The van der Waals surface area contributed by atoms with Crippen LogP contribution in [0.2, 0.25) is 0 Å². The molecule has 1 aromatic rings. The number of carbonyl (C=O) groups is 2. The van der Waals surface area contributed by atoms with E-state index < -0.39 is 29.9 Å². The zero-order valence-corrected chi connectivity index (χ0v) is 13.0. The standard InChI is InChI=1S/C16H20F3NO4/c17-16(18,19)24-14-10-6-5-7-11(14)13(21)9-4-2-1-3-8-12(20)15(22)23/h5-7,10,12H,1-4,8-9,20H2,(H,22,23). The molecule has 8 heteroatoms. The molecule has 0 aliphatic rings. The summed E-state index contributed by atoms with van der Waals surface area (Å²) in [6.45, 7) is 0. The van der Waals surface area contributed by atoms with Crippen LogP contribution >= 0.6 is 0 Å². The number of hydrogen-bond acceptors (Lipinski definition) is 4. The van der Waals surface area contributed by atoms with Gasteiger partial charge in [0.25, 0.3) is 0 Å². The summed E-state index contributed by atoms with van der Waals surface area (Å²) in [7, 11) is 0. The maximum Gasteiger partial charge on any atom is 0.573 e. The van der Waals surface area contributed by atoms with Gasteiger partial charge in [-0.15, -0.1) is 13.2 Å². The smallest absolute Gasteiger partial charge is 0.480 e. The number of carboxylic acids is 1. The summed E-state index contributed by atoms with van der Waals surface area (Å²) >= 11 is 0. The van der Waals surface area contributed by atoms with Crippen LogP contribution in [0.1, 0.15) is 48.9 Å². The van der Waals surface area contributed by atoms with Crippen LogP contribution in [0.3, 0.4) is 0 Å². The third-order valence-corrected chi connectivity index (χ3v) is 3.40. The van der Waals surface area contributed by atoms with Crippen molar-refractivity contribution >= 4 is 11.8 Å². The van der Waals surface area contributed by atoms with E-state index in [0.717, 1.165) is 6.07 Å². The van der Waals surface area contributed by atoms with Gasteiger partial charge in [-0.05, 0) is 25.0 Å². The number of benzene rings is 1. The third kappa shape index (κ3) is 7.45. The molecule has 0 heterocycles. The van der Waals surface area contributed by atoms with E-state index >= 15 is 0 Å². The molecule has 0 aliphatic carbocycles. The number of Topliss-reactive ketones (excluding diaryl/α,β-unsaturated/α-hetero) is 1. The molecular formula is C16H20F3NO4. The summed E-state index contributed by atoms with van der Waals surface area (Å²) < 4.78 is 40.8. The fourth-order valence-electron chi connectivity index (χ4n) is 2.17. The van der Waals surface area contributed by atoms with Crippen molar-refractivity contribution in [2.75, 3.05) is 0 Å². The van der Waals surface area contributed by atoms with E-state index in [-0.39, 0.29) is 12.0 Å². The van der Waals surface area contributed by atoms with Gasteiger partial charge in [-0.3, -0.25) is 9.59 Å². The second-order valence-electron chi connectivity index (χ2n) is 5.36. The normalized spacial score (nSPS) is 12.7. The van der Waals surface area contributed by atoms with Crippen molar-refractivity contribution < 1.29 is 32.6 Å². The van der Waals surface area contributed by atoms with Gasteiger partial charge in [0.05, 0.1) is 5.56 Å². The van der Waals surface area contributed by atoms with Crippen molar-refractivity contribution in [1.82, 2.24) is 0 Å². The number of ether oxygens (including phenoxy) is 1. The lowest BCUT2D eigenvalue weighted by Gasteiger charge is -2.12. The zero-order chi connectivity index (χ0) is 18.2. The first-order chi connectivity index (χ1) is 11.2. The molecule has 0 amide bonds. The largest absolute Gasteiger partial charge is 0.573 e. The van der Waals surface area contributed by atoms with Crippen molar-refractivity contribution in [2.24, 2.45) is 5.73 Å². The van der Waals surface area contributed by atoms with Gasteiger partial charge in [0.1, 0.15) is 11.8 Å². The molecule has 0 fully saturated rings. The second kappa shape index (κ2) is 9.27. The summed E-state index contributed by atoms with van der Waals surface area (Å²) in [5, 5.41) is 8.63. The highest BCUT2D eigenvalue weighted by atomic mass is 19.4. The van der Waals surface area contributed by atoms with Crippen LogP contribution in [0.5, 0.6) is 5.75 Å². The molecule has 0 bridgehead atoms.